The minimum absolute atomic E-state index is 0.541. The van der Waals surface area contributed by atoms with Crippen LogP contribution in [0.1, 0.15) is 298 Å². The van der Waals surface area contributed by atoms with E-state index in [1.54, 1.807) is 22.3 Å². The largest absolute Gasteiger partial charge is 0.493 e. The lowest BCUT2D eigenvalue weighted by Gasteiger charge is -2.32. The molecule has 0 bridgehead atoms. The maximum Gasteiger partial charge on any atom is 0.127 e. The van der Waals surface area contributed by atoms with Gasteiger partial charge >= 0.3 is 0 Å². The average molecular weight is 1290 g/mol. The second-order valence-electron chi connectivity index (χ2n) is 32.3. The molecule has 0 radical (unpaired) electrons. The molecule has 4 aliphatic rings. The number of hydrogen-bond donors (Lipinski definition) is 0. The summed E-state index contributed by atoms with van der Waals surface area (Å²) in [6, 6.07) is 50.4. The van der Waals surface area contributed by atoms with Crippen molar-refractivity contribution in [2.24, 2.45) is 29.6 Å². The summed E-state index contributed by atoms with van der Waals surface area (Å²) < 4.78 is 11.6. The highest BCUT2D eigenvalue weighted by molar-refractivity contribution is 5.84. The lowest BCUT2D eigenvalue weighted by atomic mass is 9.77. The molecular formula is C92H128N2O2. The van der Waals surface area contributed by atoms with Crippen LogP contribution in [0, 0.1) is 29.6 Å². The van der Waals surface area contributed by atoms with Crippen molar-refractivity contribution in [1.29, 1.82) is 0 Å². The van der Waals surface area contributed by atoms with Gasteiger partial charge in [-0.1, -0.05) is 249 Å². The monoisotopic (exact) mass is 1290 g/mol. The van der Waals surface area contributed by atoms with Crippen molar-refractivity contribution in [1.82, 2.24) is 9.88 Å². The first-order valence-electron chi connectivity index (χ1n) is 37.6. The highest BCUT2D eigenvalue weighted by Gasteiger charge is 2.25. The van der Waals surface area contributed by atoms with Crippen LogP contribution in [0.3, 0.4) is 0 Å². The Morgan fingerprint density at radius 3 is 1.32 bits per heavy atom. The topological polar surface area (TPSA) is 34.6 Å². The Hall–Kier alpha value is -6.49. The normalized spacial score (nSPS) is 15.8. The number of fused-ring (bicyclic) bond motifs is 6. The summed E-state index contributed by atoms with van der Waals surface area (Å²) in [6.07, 6.45) is 10.6. The van der Waals surface area contributed by atoms with Crippen molar-refractivity contribution >= 4 is 27.8 Å². The van der Waals surface area contributed by atoms with E-state index in [0.29, 0.717) is 71.1 Å². The molecule has 0 fully saturated rings. The van der Waals surface area contributed by atoms with Gasteiger partial charge in [0.25, 0.3) is 0 Å². The minimum Gasteiger partial charge on any atom is -0.493 e. The van der Waals surface area contributed by atoms with Crippen LogP contribution in [-0.4, -0.2) is 35.7 Å². The molecule has 0 amide bonds. The summed E-state index contributed by atoms with van der Waals surface area (Å²) in [4.78, 5) is 7.06. The molecule has 1 aliphatic carbocycles. The van der Waals surface area contributed by atoms with Crippen LogP contribution in [0.5, 0.6) is 11.5 Å². The van der Waals surface area contributed by atoms with E-state index in [2.05, 4.69) is 316 Å². The zero-order valence-corrected chi connectivity index (χ0v) is 64.5. The van der Waals surface area contributed by atoms with Crippen molar-refractivity contribution in [2.45, 2.75) is 258 Å². The molecule has 8 aromatic rings. The van der Waals surface area contributed by atoms with Gasteiger partial charge in [0, 0.05) is 36.3 Å². The standard InChI is InChI=1S/C16H24.C16H20.C15H19N.C15H23N.C15H22O.C15H20O/c2*1-11(2)14-7-5-13-6-8-15(12(3)4)10-16(13)9-14;1-10(2)12-5-6-15-13(7-12)8-14(9-16-15)11(3)4;1-11(2)14-6-5-13-7-8-16(12(3)4)10-15(13)9-14;2*1-10(2)12-5-6-15-13(7-12)8-14(9-16-15)11(3)4/h5,7,9,11-12,15H,6,8,10H2,1-4H3;5-12H,1-4H3;5-11H,1-4H3;5-6,9,11-12H,7-8,10H2,1-4H3;5-7,10-11,14H,8-9H2,1-4H3;5-8,10-11H,9H2,1-4H3. The number of benzene rings is 7. The first kappa shape index (κ1) is 76.9. The van der Waals surface area contributed by atoms with Gasteiger partial charge in [-0.05, 0) is 254 Å². The highest BCUT2D eigenvalue weighted by atomic mass is 16.5. The third kappa shape index (κ3) is 21.8. The molecule has 518 valence electrons. The first-order valence-corrected chi connectivity index (χ1v) is 37.6. The SMILES string of the molecule is CC(C)C1=Cc2cc(C(C)C)ccc2OC1.CC(C)c1ccc2c(c1)CC(C(C)C)CC2.CC(C)c1ccc2c(c1)CC(C(C)C)CO2.CC(C)c1ccc2c(c1)CN(C(C)C)CC2.CC(C)c1ccc2ccc(C(C)C)cc2c1.CC(C)c1ccc2ncc(C(C)C)cc2c1. The number of aromatic nitrogens is 1. The Bertz CT molecular complexity index is 3410. The maximum absolute atomic E-state index is 5.83. The third-order valence-electron chi connectivity index (χ3n) is 20.9. The number of pyridine rings is 1. The molecule has 0 saturated heterocycles. The molecule has 4 nitrogen and oxygen atoms in total. The van der Waals surface area contributed by atoms with Gasteiger partial charge in [0.2, 0.25) is 0 Å². The number of ether oxygens (including phenoxy) is 2. The minimum atomic E-state index is 0.541. The van der Waals surface area contributed by atoms with Crippen LogP contribution >= 0.6 is 0 Å². The Balaban J connectivity index is 0.000000163. The molecule has 4 heterocycles. The number of hydrogen-bond acceptors (Lipinski definition) is 4. The molecule has 2 atom stereocenters. The van der Waals surface area contributed by atoms with Gasteiger partial charge in [0.1, 0.15) is 18.1 Å². The van der Waals surface area contributed by atoms with Gasteiger partial charge < -0.3 is 9.47 Å². The Morgan fingerprint density at radius 2 is 0.802 bits per heavy atom. The molecule has 1 aromatic heterocycles. The second-order valence-corrected chi connectivity index (χ2v) is 32.3. The van der Waals surface area contributed by atoms with E-state index in [1.807, 2.05) is 6.20 Å². The summed E-state index contributed by atoms with van der Waals surface area (Å²) >= 11 is 0. The highest BCUT2D eigenvalue weighted by Crippen LogP contribution is 2.36. The fourth-order valence-electron chi connectivity index (χ4n) is 13.1. The fourth-order valence-corrected chi connectivity index (χ4v) is 13.1. The summed E-state index contributed by atoms with van der Waals surface area (Å²) in [6.45, 7) is 58.1. The summed E-state index contributed by atoms with van der Waals surface area (Å²) in [5.41, 5.74) is 22.8. The molecule has 0 spiro atoms. The van der Waals surface area contributed by atoms with Crippen molar-refractivity contribution < 1.29 is 9.47 Å². The van der Waals surface area contributed by atoms with Crippen molar-refractivity contribution in [3.05, 3.63) is 223 Å². The van der Waals surface area contributed by atoms with Crippen molar-refractivity contribution in [3.63, 3.8) is 0 Å². The van der Waals surface area contributed by atoms with E-state index < -0.39 is 0 Å². The van der Waals surface area contributed by atoms with Crippen LogP contribution in [-0.2, 0) is 32.2 Å². The molecule has 12 rings (SSSR count). The molecule has 4 heteroatoms. The molecule has 96 heavy (non-hydrogen) atoms. The third-order valence-corrected chi connectivity index (χ3v) is 20.9. The van der Waals surface area contributed by atoms with Crippen molar-refractivity contribution in [2.75, 3.05) is 19.8 Å². The molecule has 7 aromatic carbocycles. The number of rotatable bonds is 12. The van der Waals surface area contributed by atoms with E-state index in [0.717, 1.165) is 48.6 Å². The van der Waals surface area contributed by atoms with Crippen LogP contribution in [0.15, 0.2) is 145 Å². The smallest absolute Gasteiger partial charge is 0.127 e. The Morgan fingerprint density at radius 1 is 0.365 bits per heavy atom. The molecular weight excluding hydrogens is 1170 g/mol. The number of nitrogens with zero attached hydrogens (tertiary/aromatic N) is 2. The van der Waals surface area contributed by atoms with E-state index in [4.69, 9.17) is 9.47 Å². The molecule has 2 unspecified atom stereocenters. The average Bonchev–Trinajstić information content (AvgIpc) is 0.923. The molecule has 3 aliphatic heterocycles. The first-order chi connectivity index (χ1) is 45.5. The lowest BCUT2D eigenvalue weighted by molar-refractivity contribution is 0.185. The Kier molecular flexibility index (Phi) is 28.7. The van der Waals surface area contributed by atoms with Gasteiger partial charge in [-0.2, -0.15) is 0 Å². The Labute approximate surface area is 585 Å². The van der Waals surface area contributed by atoms with Gasteiger partial charge in [-0.25, -0.2) is 0 Å². The van der Waals surface area contributed by atoms with Crippen LogP contribution in [0.25, 0.3) is 27.8 Å². The van der Waals surface area contributed by atoms with Crippen LogP contribution < -0.4 is 9.47 Å². The van der Waals surface area contributed by atoms with E-state index >= 15 is 0 Å². The molecule has 0 saturated carbocycles. The van der Waals surface area contributed by atoms with Crippen LogP contribution in [0.4, 0.5) is 0 Å². The zero-order chi connectivity index (χ0) is 70.2. The van der Waals surface area contributed by atoms with Crippen molar-refractivity contribution in [3.8, 4) is 11.5 Å². The maximum atomic E-state index is 5.83. The van der Waals surface area contributed by atoms with Crippen LogP contribution in [0.2, 0.25) is 0 Å². The van der Waals surface area contributed by atoms with E-state index in [9.17, 15) is 0 Å². The van der Waals surface area contributed by atoms with Gasteiger partial charge in [0.05, 0.1) is 12.1 Å². The predicted octanol–water partition coefficient (Wildman–Crippen LogP) is 26.0. The zero-order valence-electron chi connectivity index (χ0n) is 64.5. The van der Waals surface area contributed by atoms with E-state index in [1.165, 1.54) is 116 Å². The number of aryl methyl sites for hydroxylation is 1. The molecule has 0 N–H and O–H groups in total. The summed E-state index contributed by atoms with van der Waals surface area (Å²) in [5, 5.41) is 3.98. The van der Waals surface area contributed by atoms with Gasteiger partial charge in [-0.15, -0.1) is 0 Å². The lowest BCUT2D eigenvalue weighted by Crippen LogP contribution is -2.35. The second kappa shape index (κ2) is 35.8. The van der Waals surface area contributed by atoms with E-state index in [-0.39, 0.29) is 0 Å². The van der Waals surface area contributed by atoms with Gasteiger partial charge in [-0.3, -0.25) is 9.88 Å². The summed E-state index contributed by atoms with van der Waals surface area (Å²) in [5.74, 6) is 10.6. The predicted molar refractivity (Wildman–Crippen MR) is 420 cm³/mol. The quantitative estimate of drug-likeness (QED) is 0.122. The summed E-state index contributed by atoms with van der Waals surface area (Å²) in [7, 11) is 0. The van der Waals surface area contributed by atoms with Gasteiger partial charge in [0.15, 0.2) is 0 Å². The fraction of sp³-hybridized carbons (Fsp3) is 0.511.